The molecule has 0 saturated carbocycles. The lowest BCUT2D eigenvalue weighted by Crippen LogP contribution is -2.29. The van der Waals surface area contributed by atoms with Crippen LogP contribution in [0.2, 0.25) is 5.28 Å². The minimum Gasteiger partial charge on any atom is -0.382 e. The summed E-state index contributed by atoms with van der Waals surface area (Å²) in [4.78, 5) is 12.4. The second kappa shape index (κ2) is 3.80. The second-order valence-corrected chi connectivity index (χ2v) is 5.30. The zero-order valence-electron chi connectivity index (χ0n) is 10.2. The minimum atomic E-state index is -0.250. The number of hydrogen-bond donors (Lipinski definition) is 1. The third-order valence-electron chi connectivity index (χ3n) is 3.42. The molecule has 7 heteroatoms. The van der Waals surface area contributed by atoms with Gasteiger partial charge in [-0.05, 0) is 31.9 Å². The van der Waals surface area contributed by atoms with Crippen molar-refractivity contribution in [2.45, 2.75) is 31.9 Å². The average Bonchev–Trinajstić information content (AvgIpc) is 2.81. The number of ether oxygens (including phenoxy) is 1. The Morgan fingerprint density at radius 3 is 2.94 bits per heavy atom. The quantitative estimate of drug-likeness (QED) is 0.797. The lowest BCUT2D eigenvalue weighted by Gasteiger charge is -2.26. The lowest BCUT2D eigenvalue weighted by molar-refractivity contribution is 0.0150. The number of anilines is 1. The van der Waals surface area contributed by atoms with Crippen LogP contribution in [0.15, 0.2) is 6.33 Å². The van der Waals surface area contributed by atoms with Gasteiger partial charge in [-0.15, -0.1) is 0 Å². The van der Waals surface area contributed by atoms with Crippen LogP contribution >= 0.6 is 11.6 Å². The molecule has 1 saturated heterocycles. The Kier molecular flexibility index (Phi) is 2.46. The number of hydrogen-bond acceptors (Lipinski definition) is 5. The van der Waals surface area contributed by atoms with Crippen LogP contribution in [0.1, 0.15) is 26.3 Å². The first kappa shape index (κ1) is 11.7. The van der Waals surface area contributed by atoms with Gasteiger partial charge in [-0.2, -0.15) is 9.97 Å². The molecule has 0 aromatic carbocycles. The van der Waals surface area contributed by atoms with Gasteiger partial charge in [0.15, 0.2) is 11.5 Å². The van der Waals surface area contributed by atoms with Crippen LogP contribution in [0.25, 0.3) is 11.2 Å². The van der Waals surface area contributed by atoms with E-state index in [0.29, 0.717) is 17.0 Å². The molecule has 1 atom stereocenters. The molecule has 0 radical (unpaired) electrons. The highest BCUT2D eigenvalue weighted by Crippen LogP contribution is 2.37. The number of fused-ring (bicyclic) bond motifs is 1. The van der Waals surface area contributed by atoms with Gasteiger partial charge in [0.2, 0.25) is 5.28 Å². The molecule has 0 spiro atoms. The Hall–Kier alpha value is -1.40. The summed E-state index contributed by atoms with van der Waals surface area (Å²) < 4.78 is 7.71. The van der Waals surface area contributed by atoms with Crippen LogP contribution in [0.4, 0.5) is 5.82 Å². The number of nitrogens with two attached hydrogens (primary N) is 1. The summed E-state index contributed by atoms with van der Waals surface area (Å²) in [6, 6.07) is 0.174. The highest BCUT2D eigenvalue weighted by Gasteiger charge is 2.38. The van der Waals surface area contributed by atoms with Crippen molar-refractivity contribution in [2.24, 2.45) is 0 Å². The fraction of sp³-hybridized carbons (Fsp3) is 0.545. The molecule has 0 unspecified atom stereocenters. The van der Waals surface area contributed by atoms with Gasteiger partial charge >= 0.3 is 0 Å². The van der Waals surface area contributed by atoms with E-state index in [2.05, 4.69) is 28.8 Å². The molecular formula is C11H14ClN5O. The van der Waals surface area contributed by atoms with Crippen molar-refractivity contribution in [1.82, 2.24) is 19.5 Å². The molecule has 3 rings (SSSR count). The molecule has 0 amide bonds. The van der Waals surface area contributed by atoms with Crippen LogP contribution in [0.3, 0.4) is 0 Å². The van der Waals surface area contributed by atoms with E-state index in [1.54, 1.807) is 6.33 Å². The summed E-state index contributed by atoms with van der Waals surface area (Å²) >= 11 is 5.86. The Morgan fingerprint density at radius 2 is 2.28 bits per heavy atom. The van der Waals surface area contributed by atoms with Gasteiger partial charge in [0.05, 0.1) is 18.0 Å². The maximum absolute atomic E-state index is 5.86. The van der Waals surface area contributed by atoms with E-state index >= 15 is 0 Å². The molecule has 1 aliphatic rings. The molecule has 2 aromatic rings. The van der Waals surface area contributed by atoms with Crippen LogP contribution in [-0.4, -0.2) is 31.7 Å². The number of rotatable bonds is 1. The lowest BCUT2D eigenvalue weighted by atomic mass is 9.99. The van der Waals surface area contributed by atoms with Crippen molar-refractivity contribution in [3.05, 3.63) is 11.6 Å². The zero-order valence-corrected chi connectivity index (χ0v) is 11.0. The van der Waals surface area contributed by atoms with Gasteiger partial charge < -0.3 is 15.0 Å². The topological polar surface area (TPSA) is 78.9 Å². The van der Waals surface area contributed by atoms with E-state index in [9.17, 15) is 0 Å². The monoisotopic (exact) mass is 267 g/mol. The normalized spacial score (nSPS) is 22.7. The fourth-order valence-corrected chi connectivity index (χ4v) is 2.66. The number of nitrogens with zero attached hydrogens (tertiary/aromatic N) is 4. The number of halogens is 1. The van der Waals surface area contributed by atoms with E-state index < -0.39 is 0 Å². The Labute approximate surface area is 109 Å². The standard InChI is InChI=1S/C11H14ClN5O/c1-11(2)6(3-4-18-11)17-5-14-7-8(13)15-10(12)16-9(7)17/h5-6H,3-4H2,1-2H3,(H2,13,15,16)/t6-/m1/s1. The van der Waals surface area contributed by atoms with Gasteiger partial charge in [-0.1, -0.05) is 0 Å². The largest absolute Gasteiger partial charge is 0.382 e. The van der Waals surface area contributed by atoms with Crippen molar-refractivity contribution in [2.75, 3.05) is 12.3 Å². The number of nitrogen functional groups attached to an aromatic ring is 1. The molecule has 6 nitrogen and oxygen atoms in total. The smallest absolute Gasteiger partial charge is 0.226 e. The van der Waals surface area contributed by atoms with E-state index in [0.717, 1.165) is 13.0 Å². The highest BCUT2D eigenvalue weighted by atomic mass is 35.5. The third-order valence-corrected chi connectivity index (χ3v) is 3.59. The van der Waals surface area contributed by atoms with Crippen molar-refractivity contribution in [3.8, 4) is 0 Å². The first-order valence-electron chi connectivity index (χ1n) is 5.78. The van der Waals surface area contributed by atoms with E-state index in [1.807, 2.05) is 4.57 Å². The summed E-state index contributed by atoms with van der Waals surface area (Å²) in [7, 11) is 0. The van der Waals surface area contributed by atoms with Gasteiger partial charge in [-0.3, -0.25) is 0 Å². The highest BCUT2D eigenvalue weighted by molar-refractivity contribution is 6.28. The molecular weight excluding hydrogens is 254 g/mol. The van der Waals surface area contributed by atoms with Crippen LogP contribution < -0.4 is 5.73 Å². The molecule has 0 bridgehead atoms. The van der Waals surface area contributed by atoms with Crippen molar-refractivity contribution < 1.29 is 4.74 Å². The molecule has 2 N–H and O–H groups in total. The third kappa shape index (κ3) is 1.64. The van der Waals surface area contributed by atoms with Crippen molar-refractivity contribution >= 4 is 28.6 Å². The average molecular weight is 268 g/mol. The Bertz CT molecular complexity index is 609. The fourth-order valence-electron chi connectivity index (χ4n) is 2.49. The summed E-state index contributed by atoms with van der Waals surface area (Å²) in [5.41, 5.74) is 6.79. The number of imidazole rings is 1. The van der Waals surface area contributed by atoms with Gasteiger partial charge in [0.25, 0.3) is 0 Å². The SMILES string of the molecule is CC1(C)OCC[C@H]1n1cnc2c(N)nc(Cl)nc21. The molecule has 3 heterocycles. The van der Waals surface area contributed by atoms with Gasteiger partial charge in [0.1, 0.15) is 5.52 Å². The summed E-state index contributed by atoms with van der Waals surface area (Å²) in [5.74, 6) is 0.306. The first-order chi connectivity index (χ1) is 8.49. The van der Waals surface area contributed by atoms with Gasteiger partial charge in [0, 0.05) is 6.61 Å². The summed E-state index contributed by atoms with van der Waals surface area (Å²) in [5, 5.41) is 0.137. The van der Waals surface area contributed by atoms with Crippen LogP contribution in [0.5, 0.6) is 0 Å². The Balaban J connectivity index is 2.19. The molecule has 2 aromatic heterocycles. The van der Waals surface area contributed by atoms with Crippen molar-refractivity contribution in [1.29, 1.82) is 0 Å². The maximum Gasteiger partial charge on any atom is 0.226 e. The zero-order chi connectivity index (χ0) is 12.9. The summed E-state index contributed by atoms with van der Waals surface area (Å²) in [6.45, 7) is 4.84. The van der Waals surface area contributed by atoms with E-state index in [-0.39, 0.29) is 16.9 Å². The molecule has 18 heavy (non-hydrogen) atoms. The predicted octanol–water partition coefficient (Wildman–Crippen LogP) is 1.80. The molecule has 1 aliphatic heterocycles. The summed E-state index contributed by atoms with van der Waals surface area (Å²) in [6.07, 6.45) is 2.65. The maximum atomic E-state index is 5.86. The second-order valence-electron chi connectivity index (χ2n) is 4.96. The predicted molar refractivity (Wildman–Crippen MR) is 68.4 cm³/mol. The molecule has 0 aliphatic carbocycles. The number of aromatic nitrogens is 4. The first-order valence-corrected chi connectivity index (χ1v) is 6.16. The van der Waals surface area contributed by atoms with Gasteiger partial charge in [-0.25, -0.2) is 4.98 Å². The van der Waals surface area contributed by atoms with E-state index in [4.69, 9.17) is 22.1 Å². The van der Waals surface area contributed by atoms with E-state index in [1.165, 1.54) is 0 Å². The van der Waals surface area contributed by atoms with Crippen LogP contribution in [-0.2, 0) is 4.74 Å². The molecule has 96 valence electrons. The molecule has 1 fully saturated rings. The van der Waals surface area contributed by atoms with Crippen molar-refractivity contribution in [3.63, 3.8) is 0 Å². The minimum absolute atomic E-state index is 0.137. The van der Waals surface area contributed by atoms with Crippen LogP contribution in [0, 0.1) is 0 Å². The Morgan fingerprint density at radius 1 is 1.50 bits per heavy atom.